The van der Waals surface area contributed by atoms with Crippen LogP contribution in [0.2, 0.25) is 10.0 Å². The van der Waals surface area contributed by atoms with Crippen LogP contribution in [0, 0.1) is 6.92 Å². The van der Waals surface area contributed by atoms with Crippen LogP contribution in [-0.4, -0.2) is 4.98 Å². The summed E-state index contributed by atoms with van der Waals surface area (Å²) in [5, 5.41) is 4.71. The average Bonchev–Trinajstić information content (AvgIpc) is 2.45. The Bertz CT molecular complexity index is 584. The lowest BCUT2D eigenvalue weighted by Gasteiger charge is -2.18. The summed E-state index contributed by atoms with van der Waals surface area (Å²) in [5.41, 5.74) is 3.42. The number of nitrogens with one attached hydrogen (secondary N) is 1. The average molecular weight is 309 g/mol. The third-order valence-corrected chi connectivity index (χ3v) is 4.13. The fourth-order valence-corrected chi connectivity index (χ4v) is 2.46. The van der Waals surface area contributed by atoms with Gasteiger partial charge in [-0.05, 0) is 42.7 Å². The van der Waals surface area contributed by atoms with Crippen LogP contribution in [0.5, 0.6) is 0 Å². The van der Waals surface area contributed by atoms with Crippen molar-refractivity contribution in [3.05, 3.63) is 63.4 Å². The van der Waals surface area contributed by atoms with Crippen LogP contribution in [0.4, 0.5) is 0 Å². The van der Waals surface area contributed by atoms with Crippen LogP contribution >= 0.6 is 23.2 Å². The van der Waals surface area contributed by atoms with Crippen LogP contribution in [-0.2, 0) is 6.54 Å². The molecule has 1 atom stereocenters. The SMILES string of the molecule is CCC(NCc1ncccc1C)c1ccc(Cl)c(Cl)c1. The minimum absolute atomic E-state index is 0.242. The van der Waals surface area contributed by atoms with Gasteiger partial charge in [0.05, 0.1) is 15.7 Å². The van der Waals surface area contributed by atoms with Crippen LogP contribution < -0.4 is 5.32 Å². The Kier molecular flexibility index (Phi) is 5.41. The van der Waals surface area contributed by atoms with Crippen LogP contribution in [0.25, 0.3) is 0 Å². The van der Waals surface area contributed by atoms with Crippen molar-refractivity contribution in [1.82, 2.24) is 10.3 Å². The van der Waals surface area contributed by atoms with Gasteiger partial charge in [0.1, 0.15) is 0 Å². The molecule has 0 saturated heterocycles. The van der Waals surface area contributed by atoms with Crippen LogP contribution in [0.3, 0.4) is 0 Å². The van der Waals surface area contributed by atoms with Crippen LogP contribution in [0.1, 0.15) is 36.2 Å². The molecule has 4 heteroatoms. The summed E-state index contributed by atoms with van der Waals surface area (Å²) in [6, 6.07) is 10.1. The quantitative estimate of drug-likeness (QED) is 0.846. The summed E-state index contributed by atoms with van der Waals surface area (Å²) >= 11 is 12.0. The second-order valence-corrected chi connectivity index (χ2v) is 5.60. The van der Waals surface area contributed by atoms with E-state index in [2.05, 4.69) is 30.2 Å². The monoisotopic (exact) mass is 308 g/mol. The molecule has 2 rings (SSSR count). The molecule has 0 aliphatic heterocycles. The van der Waals surface area contributed by atoms with Crippen molar-refractivity contribution in [2.45, 2.75) is 32.9 Å². The standard InChI is InChI=1S/C16H18Cl2N2/c1-3-15(12-6-7-13(17)14(18)9-12)20-10-16-11(2)5-4-8-19-16/h4-9,15,20H,3,10H2,1-2H3. The molecule has 0 spiro atoms. The van der Waals surface area contributed by atoms with E-state index in [1.807, 2.05) is 30.5 Å². The number of hydrogen-bond acceptors (Lipinski definition) is 2. The first-order chi connectivity index (χ1) is 9.61. The van der Waals surface area contributed by atoms with Gasteiger partial charge < -0.3 is 5.32 Å². The maximum absolute atomic E-state index is 6.09. The van der Waals surface area contributed by atoms with Crippen molar-refractivity contribution in [3.8, 4) is 0 Å². The van der Waals surface area contributed by atoms with Gasteiger partial charge in [-0.15, -0.1) is 0 Å². The number of aromatic nitrogens is 1. The molecule has 0 aliphatic carbocycles. The fraction of sp³-hybridized carbons (Fsp3) is 0.312. The third-order valence-electron chi connectivity index (χ3n) is 3.39. The van der Waals surface area contributed by atoms with Gasteiger partial charge in [-0.1, -0.05) is 42.3 Å². The zero-order valence-corrected chi connectivity index (χ0v) is 13.2. The first-order valence-electron chi connectivity index (χ1n) is 6.70. The molecule has 0 amide bonds. The van der Waals surface area contributed by atoms with Gasteiger partial charge in [0, 0.05) is 18.8 Å². The maximum atomic E-state index is 6.09. The van der Waals surface area contributed by atoms with E-state index in [9.17, 15) is 0 Å². The third kappa shape index (κ3) is 3.72. The fourth-order valence-electron chi connectivity index (χ4n) is 2.15. The molecule has 2 nitrogen and oxygen atoms in total. The Hall–Kier alpha value is -1.09. The van der Waals surface area contributed by atoms with E-state index in [1.54, 1.807) is 0 Å². The summed E-state index contributed by atoms with van der Waals surface area (Å²) in [6.45, 7) is 4.96. The highest BCUT2D eigenvalue weighted by Gasteiger charge is 2.11. The smallest absolute Gasteiger partial charge is 0.0595 e. The van der Waals surface area contributed by atoms with E-state index in [-0.39, 0.29) is 6.04 Å². The second kappa shape index (κ2) is 7.07. The summed E-state index contributed by atoms with van der Waals surface area (Å²) < 4.78 is 0. The molecule has 0 saturated carbocycles. The van der Waals surface area contributed by atoms with Gasteiger partial charge in [0.25, 0.3) is 0 Å². The van der Waals surface area contributed by atoms with E-state index in [4.69, 9.17) is 23.2 Å². The molecule has 0 fully saturated rings. The number of aryl methyl sites for hydroxylation is 1. The van der Waals surface area contributed by atoms with Crippen molar-refractivity contribution in [2.75, 3.05) is 0 Å². The Morgan fingerprint density at radius 1 is 1.20 bits per heavy atom. The van der Waals surface area contributed by atoms with Gasteiger partial charge in [-0.3, -0.25) is 4.98 Å². The van der Waals surface area contributed by atoms with Crippen molar-refractivity contribution in [2.24, 2.45) is 0 Å². The Balaban J connectivity index is 2.09. The number of hydrogen-bond donors (Lipinski definition) is 1. The lowest BCUT2D eigenvalue weighted by atomic mass is 10.0. The molecular formula is C16H18Cl2N2. The number of nitrogens with zero attached hydrogens (tertiary/aromatic N) is 1. The zero-order chi connectivity index (χ0) is 14.5. The molecule has 1 aromatic carbocycles. The molecule has 106 valence electrons. The van der Waals surface area contributed by atoms with Gasteiger partial charge >= 0.3 is 0 Å². The lowest BCUT2D eigenvalue weighted by molar-refractivity contribution is 0.513. The van der Waals surface area contributed by atoms with Crippen LogP contribution in [0.15, 0.2) is 36.5 Å². The van der Waals surface area contributed by atoms with E-state index < -0.39 is 0 Å². The summed E-state index contributed by atoms with van der Waals surface area (Å²) in [4.78, 5) is 4.40. The molecule has 1 heterocycles. The van der Waals surface area contributed by atoms with E-state index >= 15 is 0 Å². The van der Waals surface area contributed by atoms with Gasteiger partial charge in [-0.2, -0.15) is 0 Å². The molecule has 0 radical (unpaired) electrons. The number of benzene rings is 1. The highest BCUT2D eigenvalue weighted by Crippen LogP contribution is 2.27. The van der Waals surface area contributed by atoms with Crippen molar-refractivity contribution < 1.29 is 0 Å². The number of rotatable bonds is 5. The molecule has 0 bridgehead atoms. The maximum Gasteiger partial charge on any atom is 0.0595 e. The summed E-state index contributed by atoms with van der Waals surface area (Å²) in [7, 11) is 0. The van der Waals surface area contributed by atoms with E-state index in [0.717, 1.165) is 24.2 Å². The second-order valence-electron chi connectivity index (χ2n) is 4.78. The topological polar surface area (TPSA) is 24.9 Å². The minimum Gasteiger partial charge on any atom is -0.304 e. The number of pyridine rings is 1. The predicted octanol–water partition coefficient (Wildman–Crippen LogP) is 4.94. The molecule has 1 aromatic heterocycles. The number of halogens is 2. The van der Waals surface area contributed by atoms with E-state index in [1.165, 1.54) is 5.56 Å². The van der Waals surface area contributed by atoms with Gasteiger partial charge in [0.2, 0.25) is 0 Å². The molecule has 2 aromatic rings. The molecule has 20 heavy (non-hydrogen) atoms. The normalized spacial score (nSPS) is 12.4. The molecule has 0 aliphatic rings. The highest BCUT2D eigenvalue weighted by atomic mass is 35.5. The van der Waals surface area contributed by atoms with Crippen molar-refractivity contribution in [3.63, 3.8) is 0 Å². The summed E-state index contributed by atoms with van der Waals surface area (Å²) in [6.07, 6.45) is 2.80. The lowest BCUT2D eigenvalue weighted by Crippen LogP contribution is -2.21. The zero-order valence-electron chi connectivity index (χ0n) is 11.7. The Morgan fingerprint density at radius 3 is 2.65 bits per heavy atom. The molecule has 1 unspecified atom stereocenters. The first-order valence-corrected chi connectivity index (χ1v) is 7.46. The van der Waals surface area contributed by atoms with Gasteiger partial charge in [-0.25, -0.2) is 0 Å². The van der Waals surface area contributed by atoms with Gasteiger partial charge in [0.15, 0.2) is 0 Å². The van der Waals surface area contributed by atoms with Crippen molar-refractivity contribution in [1.29, 1.82) is 0 Å². The highest BCUT2D eigenvalue weighted by molar-refractivity contribution is 6.42. The first kappa shape index (κ1) is 15.3. The Labute approximate surface area is 130 Å². The minimum atomic E-state index is 0.242. The molecular weight excluding hydrogens is 291 g/mol. The largest absolute Gasteiger partial charge is 0.304 e. The Morgan fingerprint density at radius 2 is 2.00 bits per heavy atom. The van der Waals surface area contributed by atoms with E-state index in [0.29, 0.717) is 10.0 Å². The molecule has 1 N–H and O–H groups in total. The predicted molar refractivity (Wildman–Crippen MR) is 85.3 cm³/mol. The summed E-state index contributed by atoms with van der Waals surface area (Å²) in [5.74, 6) is 0. The van der Waals surface area contributed by atoms with Crippen molar-refractivity contribution >= 4 is 23.2 Å².